The lowest BCUT2D eigenvalue weighted by atomic mass is 10.1. The van der Waals surface area contributed by atoms with Gasteiger partial charge in [0.15, 0.2) is 11.5 Å². The van der Waals surface area contributed by atoms with Gasteiger partial charge in [0.05, 0.1) is 24.7 Å². The van der Waals surface area contributed by atoms with Crippen molar-refractivity contribution >= 4 is 28.7 Å². The first-order valence-electron chi connectivity index (χ1n) is 11.9. The van der Waals surface area contributed by atoms with E-state index >= 15 is 0 Å². The number of amides is 1. The number of carbonyl (C=O) groups is 1. The highest BCUT2D eigenvalue weighted by molar-refractivity contribution is 6.03. The summed E-state index contributed by atoms with van der Waals surface area (Å²) in [5.41, 5.74) is 5.71. The van der Waals surface area contributed by atoms with Gasteiger partial charge in [0, 0.05) is 25.5 Å². The lowest BCUT2D eigenvalue weighted by Gasteiger charge is -2.26. The molecule has 2 aromatic heterocycles. The first kappa shape index (κ1) is 24.4. The lowest BCUT2D eigenvalue weighted by Crippen LogP contribution is -2.31. The van der Waals surface area contributed by atoms with Crippen LogP contribution in [0.3, 0.4) is 0 Å². The molecule has 1 aliphatic heterocycles. The second-order valence-corrected chi connectivity index (χ2v) is 8.37. The third-order valence-electron chi connectivity index (χ3n) is 6.05. The second kappa shape index (κ2) is 11.1. The fourth-order valence-electron chi connectivity index (χ4n) is 4.23. The monoisotopic (exact) mass is 481 g/mol. The Bertz CT molecular complexity index is 1240. The average molecular weight is 482 g/mol. The van der Waals surface area contributed by atoms with Crippen molar-refractivity contribution in [1.29, 1.82) is 0 Å². The molecule has 1 aliphatic rings. The molecule has 35 heavy (non-hydrogen) atoms. The van der Waals surface area contributed by atoms with Gasteiger partial charge in [-0.1, -0.05) is 6.42 Å². The standard InChI is InChI=1S/C24H31N7O4/c1-3-31-22(33)17-8-9-18(35-13-7-12-30-10-5-4-6-11-30)20(34-2)19(17)28-24(31)29-21(32)16-14-26-23(25)27-15-16/h8-9,14-15H,3-7,10-13H2,1-2H3,(H2,25,26,27)(H,28,29,32). The topological polar surface area (TPSA) is 137 Å². The third-order valence-corrected chi connectivity index (χ3v) is 6.05. The number of anilines is 2. The van der Waals surface area contributed by atoms with Crippen LogP contribution in [0.5, 0.6) is 11.5 Å². The number of likely N-dealkylation sites (tertiary alicyclic amines) is 1. The van der Waals surface area contributed by atoms with Gasteiger partial charge in [-0.2, -0.15) is 0 Å². The Labute approximate surface area is 203 Å². The van der Waals surface area contributed by atoms with Crippen molar-refractivity contribution in [3.05, 3.63) is 40.4 Å². The molecule has 11 nitrogen and oxygen atoms in total. The SMILES string of the molecule is CCn1c(NC(=O)c2cnc(N)nc2)nc2c(OC)c(OCCCN3CCCCC3)ccc2c1=O. The molecule has 1 amide bonds. The number of hydrogen-bond acceptors (Lipinski definition) is 9. The number of nitrogens with one attached hydrogen (secondary N) is 1. The summed E-state index contributed by atoms with van der Waals surface area (Å²) < 4.78 is 13.0. The molecule has 0 atom stereocenters. The number of methoxy groups -OCH3 is 1. The van der Waals surface area contributed by atoms with E-state index in [1.54, 1.807) is 19.1 Å². The summed E-state index contributed by atoms with van der Waals surface area (Å²) in [6.45, 7) is 5.90. The van der Waals surface area contributed by atoms with Gasteiger partial charge in [-0.25, -0.2) is 15.0 Å². The largest absolute Gasteiger partial charge is 0.491 e. The number of fused-ring (bicyclic) bond motifs is 1. The number of nitrogens with zero attached hydrogens (tertiary/aromatic N) is 5. The summed E-state index contributed by atoms with van der Waals surface area (Å²) >= 11 is 0. The Morgan fingerprint density at radius 3 is 2.60 bits per heavy atom. The summed E-state index contributed by atoms with van der Waals surface area (Å²) in [5.74, 6) is 0.495. The molecule has 0 spiro atoms. The average Bonchev–Trinajstić information content (AvgIpc) is 2.87. The van der Waals surface area contributed by atoms with Crippen LogP contribution in [0.2, 0.25) is 0 Å². The minimum atomic E-state index is -0.512. The maximum Gasteiger partial charge on any atom is 0.262 e. The summed E-state index contributed by atoms with van der Waals surface area (Å²) in [4.78, 5) is 40.6. The fourth-order valence-corrected chi connectivity index (χ4v) is 4.23. The molecule has 3 aromatic rings. The van der Waals surface area contributed by atoms with E-state index in [1.807, 2.05) is 0 Å². The van der Waals surface area contributed by atoms with Crippen molar-refractivity contribution in [1.82, 2.24) is 24.4 Å². The van der Waals surface area contributed by atoms with Gasteiger partial charge in [0.1, 0.15) is 5.52 Å². The minimum Gasteiger partial charge on any atom is -0.491 e. The highest BCUT2D eigenvalue weighted by Crippen LogP contribution is 2.34. The zero-order valence-electron chi connectivity index (χ0n) is 20.1. The van der Waals surface area contributed by atoms with E-state index in [1.165, 1.54) is 43.3 Å². The summed E-state index contributed by atoms with van der Waals surface area (Å²) in [7, 11) is 1.51. The summed E-state index contributed by atoms with van der Waals surface area (Å²) in [6, 6.07) is 3.41. The van der Waals surface area contributed by atoms with E-state index in [4.69, 9.17) is 15.2 Å². The predicted octanol–water partition coefficient (Wildman–Crippen LogP) is 2.30. The number of carbonyl (C=O) groups excluding carboxylic acids is 1. The summed E-state index contributed by atoms with van der Waals surface area (Å²) in [6.07, 6.45) is 7.32. The fraction of sp³-hybridized carbons (Fsp3) is 0.458. The van der Waals surface area contributed by atoms with Gasteiger partial charge in [-0.05, 0) is 51.4 Å². The molecule has 1 saturated heterocycles. The van der Waals surface area contributed by atoms with Crippen molar-refractivity contribution in [3.63, 3.8) is 0 Å². The van der Waals surface area contributed by atoms with Crippen LogP contribution >= 0.6 is 0 Å². The van der Waals surface area contributed by atoms with Crippen molar-refractivity contribution < 1.29 is 14.3 Å². The van der Waals surface area contributed by atoms with E-state index in [-0.39, 0.29) is 23.0 Å². The zero-order chi connectivity index (χ0) is 24.8. The molecule has 0 radical (unpaired) electrons. The third kappa shape index (κ3) is 5.51. The predicted molar refractivity (Wildman–Crippen MR) is 133 cm³/mol. The van der Waals surface area contributed by atoms with Crippen LogP contribution in [0, 0.1) is 0 Å². The minimum absolute atomic E-state index is 0.0593. The number of rotatable bonds is 9. The van der Waals surface area contributed by atoms with Gasteiger partial charge in [-0.15, -0.1) is 0 Å². The van der Waals surface area contributed by atoms with Crippen molar-refractivity contribution in [2.45, 2.75) is 39.2 Å². The van der Waals surface area contributed by atoms with E-state index in [9.17, 15) is 9.59 Å². The quantitative estimate of drug-likeness (QED) is 0.441. The van der Waals surface area contributed by atoms with E-state index in [0.29, 0.717) is 35.6 Å². The highest BCUT2D eigenvalue weighted by Gasteiger charge is 2.19. The first-order chi connectivity index (χ1) is 17.0. The molecular weight excluding hydrogens is 450 g/mol. The summed E-state index contributed by atoms with van der Waals surface area (Å²) in [5, 5.41) is 3.05. The van der Waals surface area contributed by atoms with Gasteiger partial charge >= 0.3 is 0 Å². The molecular formula is C24H31N7O4. The molecule has 11 heteroatoms. The Morgan fingerprint density at radius 1 is 1.17 bits per heavy atom. The molecule has 4 rings (SSSR count). The maximum absolute atomic E-state index is 13.2. The van der Waals surface area contributed by atoms with Gasteiger partial charge in [0.2, 0.25) is 11.9 Å². The molecule has 186 valence electrons. The van der Waals surface area contributed by atoms with E-state index in [0.717, 1.165) is 26.1 Å². The van der Waals surface area contributed by atoms with Gasteiger partial charge in [0.25, 0.3) is 11.5 Å². The molecule has 0 bridgehead atoms. The van der Waals surface area contributed by atoms with Gasteiger partial charge in [-0.3, -0.25) is 19.5 Å². The smallest absolute Gasteiger partial charge is 0.262 e. The molecule has 0 aliphatic carbocycles. The first-order valence-corrected chi connectivity index (χ1v) is 11.9. The maximum atomic E-state index is 13.2. The van der Waals surface area contributed by atoms with Gasteiger partial charge < -0.3 is 20.1 Å². The van der Waals surface area contributed by atoms with Crippen LogP contribution in [0.1, 0.15) is 43.0 Å². The van der Waals surface area contributed by atoms with Crippen molar-refractivity contribution in [2.24, 2.45) is 0 Å². The van der Waals surface area contributed by atoms with Crippen molar-refractivity contribution in [2.75, 3.05) is 44.4 Å². The molecule has 0 unspecified atom stereocenters. The molecule has 3 N–H and O–H groups in total. The highest BCUT2D eigenvalue weighted by atomic mass is 16.5. The lowest BCUT2D eigenvalue weighted by molar-refractivity contribution is 0.102. The molecule has 1 aromatic carbocycles. The second-order valence-electron chi connectivity index (χ2n) is 8.37. The number of hydrogen-bond donors (Lipinski definition) is 2. The Morgan fingerprint density at radius 2 is 1.91 bits per heavy atom. The van der Waals surface area contributed by atoms with Crippen LogP contribution in [-0.4, -0.2) is 63.7 Å². The molecule has 0 saturated carbocycles. The normalized spacial score (nSPS) is 14.1. The van der Waals surface area contributed by atoms with Crippen LogP contribution in [0.25, 0.3) is 10.9 Å². The number of nitrogen functional groups attached to an aromatic ring is 1. The Kier molecular flexibility index (Phi) is 7.76. The number of benzene rings is 1. The number of nitrogens with two attached hydrogens (primary N) is 1. The van der Waals surface area contributed by atoms with E-state index < -0.39 is 5.91 Å². The van der Waals surface area contributed by atoms with Crippen LogP contribution < -0.4 is 26.1 Å². The van der Waals surface area contributed by atoms with Crippen LogP contribution in [0.15, 0.2) is 29.3 Å². The van der Waals surface area contributed by atoms with Crippen molar-refractivity contribution in [3.8, 4) is 11.5 Å². The molecule has 3 heterocycles. The Hall–Kier alpha value is -3.73. The number of aromatic nitrogens is 4. The van der Waals surface area contributed by atoms with E-state index in [2.05, 4.69) is 25.2 Å². The van der Waals surface area contributed by atoms with Crippen LogP contribution in [0.4, 0.5) is 11.9 Å². The molecule has 1 fully saturated rings. The van der Waals surface area contributed by atoms with Crippen LogP contribution in [-0.2, 0) is 6.54 Å². The number of piperidine rings is 1. The number of ether oxygens (including phenoxy) is 2. The zero-order valence-corrected chi connectivity index (χ0v) is 20.1. The Balaban J connectivity index is 1.58.